The van der Waals surface area contributed by atoms with Crippen molar-refractivity contribution in [1.29, 1.82) is 0 Å². The Labute approximate surface area is 122 Å². The number of nitrogens with one attached hydrogen (secondary N) is 1. The molecule has 1 atom stereocenters. The van der Waals surface area contributed by atoms with Gasteiger partial charge in [0.1, 0.15) is 0 Å². The van der Waals surface area contributed by atoms with E-state index in [-0.39, 0.29) is 6.04 Å². The Kier molecular flexibility index (Phi) is 4.74. The molecule has 0 amide bonds. The Bertz CT molecular complexity index is 508. The maximum absolute atomic E-state index is 5.69. The number of halogens is 1. The molecule has 0 bridgehead atoms. The van der Waals surface area contributed by atoms with Crippen molar-refractivity contribution in [2.75, 3.05) is 0 Å². The van der Waals surface area contributed by atoms with E-state index in [0.29, 0.717) is 0 Å². The molecule has 0 heterocycles. The Balaban J connectivity index is 2.20. The second kappa shape index (κ2) is 6.31. The molecule has 0 aliphatic rings. The second-order valence-corrected chi connectivity index (χ2v) is 5.65. The highest BCUT2D eigenvalue weighted by atomic mass is 127. The molecule has 0 radical (unpaired) electrons. The number of aryl methyl sites for hydroxylation is 1. The maximum atomic E-state index is 5.69. The van der Waals surface area contributed by atoms with Crippen LogP contribution in [0.1, 0.15) is 22.7 Å². The number of hydrazine groups is 1. The second-order valence-electron chi connectivity index (χ2n) is 4.40. The van der Waals surface area contributed by atoms with Gasteiger partial charge in [0.2, 0.25) is 0 Å². The van der Waals surface area contributed by atoms with E-state index >= 15 is 0 Å². The van der Waals surface area contributed by atoms with Crippen LogP contribution in [0.5, 0.6) is 0 Å². The minimum absolute atomic E-state index is 0.156. The van der Waals surface area contributed by atoms with Crippen LogP contribution in [-0.2, 0) is 6.42 Å². The van der Waals surface area contributed by atoms with Crippen molar-refractivity contribution in [2.45, 2.75) is 19.4 Å². The number of hydrogen-bond donors (Lipinski definition) is 2. The van der Waals surface area contributed by atoms with Crippen LogP contribution in [-0.4, -0.2) is 0 Å². The van der Waals surface area contributed by atoms with E-state index in [2.05, 4.69) is 83.5 Å². The monoisotopic (exact) mass is 352 g/mol. The van der Waals surface area contributed by atoms with Gasteiger partial charge in [-0.15, -0.1) is 0 Å². The first kappa shape index (κ1) is 13.5. The predicted molar refractivity (Wildman–Crippen MR) is 84.1 cm³/mol. The number of nitrogens with two attached hydrogens (primary N) is 1. The average Bonchev–Trinajstić information content (AvgIpc) is 2.39. The highest BCUT2D eigenvalue weighted by Gasteiger charge is 2.11. The van der Waals surface area contributed by atoms with Crippen LogP contribution in [0.15, 0.2) is 48.5 Å². The molecule has 0 aromatic heterocycles. The highest BCUT2D eigenvalue weighted by molar-refractivity contribution is 14.1. The van der Waals surface area contributed by atoms with Crippen molar-refractivity contribution < 1.29 is 0 Å². The van der Waals surface area contributed by atoms with Gasteiger partial charge in [0, 0.05) is 9.61 Å². The molecule has 2 nitrogen and oxygen atoms in total. The van der Waals surface area contributed by atoms with Crippen LogP contribution >= 0.6 is 22.6 Å². The Morgan fingerprint density at radius 1 is 1.11 bits per heavy atom. The molecule has 18 heavy (non-hydrogen) atoms. The molecular weight excluding hydrogens is 335 g/mol. The molecule has 2 aromatic carbocycles. The average molecular weight is 352 g/mol. The fraction of sp³-hybridized carbons (Fsp3) is 0.200. The van der Waals surface area contributed by atoms with Crippen molar-refractivity contribution in [3.8, 4) is 0 Å². The number of rotatable bonds is 4. The topological polar surface area (TPSA) is 38.0 Å². The molecule has 0 aliphatic carbocycles. The summed E-state index contributed by atoms with van der Waals surface area (Å²) in [5, 5.41) is 0. The van der Waals surface area contributed by atoms with Crippen LogP contribution in [0.3, 0.4) is 0 Å². The number of benzene rings is 2. The van der Waals surface area contributed by atoms with Gasteiger partial charge in [-0.2, -0.15) is 0 Å². The largest absolute Gasteiger partial charge is 0.271 e. The molecule has 2 rings (SSSR count). The molecule has 0 saturated heterocycles. The number of hydrogen-bond acceptors (Lipinski definition) is 2. The molecular formula is C15H17IN2. The zero-order valence-electron chi connectivity index (χ0n) is 10.4. The Hall–Kier alpha value is -0.910. The Morgan fingerprint density at radius 2 is 1.78 bits per heavy atom. The summed E-state index contributed by atoms with van der Waals surface area (Å²) < 4.78 is 1.24. The highest BCUT2D eigenvalue weighted by Crippen LogP contribution is 2.20. The Morgan fingerprint density at radius 3 is 2.39 bits per heavy atom. The lowest BCUT2D eigenvalue weighted by Crippen LogP contribution is -2.29. The van der Waals surface area contributed by atoms with Gasteiger partial charge in [-0.05, 0) is 64.8 Å². The zero-order chi connectivity index (χ0) is 13.0. The summed E-state index contributed by atoms with van der Waals surface area (Å²) in [6.45, 7) is 2.14. The van der Waals surface area contributed by atoms with Crippen molar-refractivity contribution in [3.05, 3.63) is 68.8 Å². The smallest absolute Gasteiger partial charge is 0.0500 e. The van der Waals surface area contributed by atoms with Crippen LogP contribution < -0.4 is 11.3 Å². The van der Waals surface area contributed by atoms with Gasteiger partial charge in [0.15, 0.2) is 0 Å². The fourth-order valence-electron chi connectivity index (χ4n) is 2.03. The standard InChI is InChI=1S/C15H17IN2/c1-11-4-2-3-5-13(11)10-15(18-17)12-6-8-14(16)9-7-12/h2-9,15,18H,10,17H2,1H3. The third-order valence-corrected chi connectivity index (χ3v) is 3.88. The van der Waals surface area contributed by atoms with E-state index in [1.54, 1.807) is 0 Å². The van der Waals surface area contributed by atoms with Gasteiger partial charge in [0.25, 0.3) is 0 Å². The third-order valence-electron chi connectivity index (χ3n) is 3.16. The summed E-state index contributed by atoms with van der Waals surface area (Å²) >= 11 is 2.31. The molecule has 0 saturated carbocycles. The summed E-state index contributed by atoms with van der Waals surface area (Å²) in [7, 11) is 0. The first-order valence-corrected chi connectivity index (χ1v) is 7.04. The first-order chi connectivity index (χ1) is 8.70. The van der Waals surface area contributed by atoms with E-state index in [1.165, 1.54) is 20.3 Å². The zero-order valence-corrected chi connectivity index (χ0v) is 12.5. The van der Waals surface area contributed by atoms with Gasteiger partial charge in [0.05, 0.1) is 0 Å². The molecule has 3 N–H and O–H groups in total. The minimum atomic E-state index is 0.156. The van der Waals surface area contributed by atoms with Gasteiger partial charge in [-0.3, -0.25) is 11.3 Å². The van der Waals surface area contributed by atoms with E-state index in [9.17, 15) is 0 Å². The van der Waals surface area contributed by atoms with Crippen molar-refractivity contribution in [2.24, 2.45) is 5.84 Å². The normalized spacial score (nSPS) is 12.4. The van der Waals surface area contributed by atoms with Crippen molar-refractivity contribution in [1.82, 2.24) is 5.43 Å². The van der Waals surface area contributed by atoms with Gasteiger partial charge >= 0.3 is 0 Å². The maximum Gasteiger partial charge on any atom is 0.0500 e. The summed E-state index contributed by atoms with van der Waals surface area (Å²) in [5.41, 5.74) is 6.78. The lowest BCUT2D eigenvalue weighted by atomic mass is 9.97. The fourth-order valence-corrected chi connectivity index (χ4v) is 2.39. The molecule has 0 spiro atoms. The summed E-state index contributed by atoms with van der Waals surface area (Å²) in [6.07, 6.45) is 0.907. The van der Waals surface area contributed by atoms with E-state index in [1.807, 2.05) is 0 Å². The van der Waals surface area contributed by atoms with E-state index < -0.39 is 0 Å². The quantitative estimate of drug-likeness (QED) is 0.503. The minimum Gasteiger partial charge on any atom is -0.271 e. The molecule has 1 unspecified atom stereocenters. The molecule has 0 fully saturated rings. The van der Waals surface area contributed by atoms with Crippen LogP contribution in [0, 0.1) is 10.5 Å². The SMILES string of the molecule is Cc1ccccc1CC(NN)c1ccc(I)cc1. The van der Waals surface area contributed by atoms with Crippen molar-refractivity contribution >= 4 is 22.6 Å². The van der Waals surface area contributed by atoms with Crippen LogP contribution in [0.4, 0.5) is 0 Å². The lowest BCUT2D eigenvalue weighted by Gasteiger charge is -2.17. The first-order valence-electron chi connectivity index (χ1n) is 5.97. The molecule has 3 heteroatoms. The lowest BCUT2D eigenvalue weighted by molar-refractivity contribution is 0.551. The van der Waals surface area contributed by atoms with Gasteiger partial charge in [-0.25, -0.2) is 0 Å². The summed E-state index contributed by atoms with van der Waals surface area (Å²) in [6, 6.07) is 17.1. The van der Waals surface area contributed by atoms with Gasteiger partial charge < -0.3 is 0 Å². The molecule has 0 aliphatic heterocycles. The molecule has 2 aromatic rings. The van der Waals surface area contributed by atoms with E-state index in [0.717, 1.165) is 6.42 Å². The summed E-state index contributed by atoms with van der Waals surface area (Å²) in [4.78, 5) is 0. The van der Waals surface area contributed by atoms with E-state index in [4.69, 9.17) is 5.84 Å². The van der Waals surface area contributed by atoms with Crippen LogP contribution in [0.2, 0.25) is 0 Å². The summed E-state index contributed by atoms with van der Waals surface area (Å²) in [5.74, 6) is 5.69. The van der Waals surface area contributed by atoms with Crippen molar-refractivity contribution in [3.63, 3.8) is 0 Å². The van der Waals surface area contributed by atoms with Crippen LogP contribution in [0.25, 0.3) is 0 Å². The van der Waals surface area contributed by atoms with Gasteiger partial charge in [-0.1, -0.05) is 36.4 Å². The third kappa shape index (κ3) is 3.31. The predicted octanol–water partition coefficient (Wildman–Crippen LogP) is 3.35. The molecule has 94 valence electrons.